The second kappa shape index (κ2) is 6.04. The number of carbonyl (C=O) groups excluding carboxylic acids is 1. The van der Waals surface area contributed by atoms with Crippen LogP contribution in [0.5, 0.6) is 0 Å². The van der Waals surface area contributed by atoms with Crippen molar-refractivity contribution in [1.29, 1.82) is 0 Å². The van der Waals surface area contributed by atoms with Gasteiger partial charge in [-0.1, -0.05) is 13.8 Å². The lowest BCUT2D eigenvalue weighted by Gasteiger charge is -2.31. The van der Waals surface area contributed by atoms with Crippen LogP contribution >= 0.6 is 0 Å². The van der Waals surface area contributed by atoms with Gasteiger partial charge in [-0.25, -0.2) is 9.67 Å². The number of rotatable bonds is 3. The standard InChI is InChI=1S/C16H23N5O/c1-11(2)9-21-15-13(8-19-21)6-14(7-18-15)16(22)20-5-4-17-12(3)10-20/h6-8,11-12,17H,4-5,9-10H2,1-3H3/t12-/m1/s1. The smallest absolute Gasteiger partial charge is 0.255 e. The van der Waals surface area contributed by atoms with Crippen molar-refractivity contribution in [2.45, 2.75) is 33.4 Å². The summed E-state index contributed by atoms with van der Waals surface area (Å²) in [5.74, 6) is 0.563. The molecule has 6 heteroatoms. The van der Waals surface area contributed by atoms with Gasteiger partial charge in [-0.15, -0.1) is 0 Å². The molecule has 22 heavy (non-hydrogen) atoms. The van der Waals surface area contributed by atoms with E-state index in [4.69, 9.17) is 0 Å². The third-order valence-corrected chi connectivity index (χ3v) is 3.92. The SMILES string of the molecule is CC(C)Cn1ncc2cc(C(=O)N3CCN[C@H](C)C3)cnc21. The van der Waals surface area contributed by atoms with Crippen LogP contribution in [0.15, 0.2) is 18.5 Å². The van der Waals surface area contributed by atoms with Gasteiger partial charge in [-0.05, 0) is 18.9 Å². The predicted molar refractivity (Wildman–Crippen MR) is 85.7 cm³/mol. The lowest BCUT2D eigenvalue weighted by Crippen LogP contribution is -2.51. The van der Waals surface area contributed by atoms with Crippen LogP contribution in [0.4, 0.5) is 0 Å². The van der Waals surface area contributed by atoms with E-state index in [2.05, 4.69) is 36.2 Å². The molecule has 1 aliphatic heterocycles. The van der Waals surface area contributed by atoms with E-state index in [1.54, 1.807) is 12.4 Å². The third-order valence-electron chi connectivity index (χ3n) is 3.92. The van der Waals surface area contributed by atoms with Gasteiger partial charge in [0.15, 0.2) is 5.65 Å². The molecule has 1 aliphatic rings. The zero-order chi connectivity index (χ0) is 15.7. The monoisotopic (exact) mass is 301 g/mol. The lowest BCUT2D eigenvalue weighted by molar-refractivity contribution is 0.0709. The molecule has 3 heterocycles. The first-order valence-electron chi connectivity index (χ1n) is 7.89. The van der Waals surface area contributed by atoms with Crippen LogP contribution in [-0.2, 0) is 6.54 Å². The molecule has 0 radical (unpaired) electrons. The van der Waals surface area contributed by atoms with Crippen molar-refractivity contribution in [3.63, 3.8) is 0 Å². The molecule has 6 nitrogen and oxygen atoms in total. The van der Waals surface area contributed by atoms with Gasteiger partial charge in [0.2, 0.25) is 0 Å². The van der Waals surface area contributed by atoms with Crippen LogP contribution < -0.4 is 5.32 Å². The number of carbonyl (C=O) groups is 1. The Morgan fingerprint density at radius 2 is 2.27 bits per heavy atom. The maximum absolute atomic E-state index is 12.6. The Kier molecular flexibility index (Phi) is 4.11. The summed E-state index contributed by atoms with van der Waals surface area (Å²) >= 11 is 0. The maximum Gasteiger partial charge on any atom is 0.255 e. The molecule has 1 N–H and O–H groups in total. The number of nitrogens with one attached hydrogen (secondary N) is 1. The number of fused-ring (bicyclic) bond motifs is 1. The topological polar surface area (TPSA) is 63.1 Å². The number of amides is 1. The van der Waals surface area contributed by atoms with Gasteiger partial charge in [0.05, 0.1) is 11.8 Å². The summed E-state index contributed by atoms with van der Waals surface area (Å²) in [5.41, 5.74) is 1.49. The summed E-state index contributed by atoms with van der Waals surface area (Å²) in [7, 11) is 0. The molecule has 3 rings (SSSR count). The number of piperazine rings is 1. The van der Waals surface area contributed by atoms with E-state index in [1.807, 2.05) is 15.6 Å². The fourth-order valence-corrected chi connectivity index (χ4v) is 2.87. The van der Waals surface area contributed by atoms with Crippen molar-refractivity contribution in [1.82, 2.24) is 25.0 Å². The van der Waals surface area contributed by atoms with E-state index < -0.39 is 0 Å². The molecule has 2 aromatic heterocycles. The molecular formula is C16H23N5O. The van der Waals surface area contributed by atoms with Crippen LogP contribution in [-0.4, -0.2) is 51.2 Å². The normalized spacial score (nSPS) is 19.1. The molecule has 118 valence electrons. The molecule has 0 spiro atoms. The van der Waals surface area contributed by atoms with Gasteiger partial charge in [-0.2, -0.15) is 5.10 Å². The number of hydrogen-bond acceptors (Lipinski definition) is 4. The average Bonchev–Trinajstić information content (AvgIpc) is 2.88. The Bertz CT molecular complexity index is 678. The average molecular weight is 301 g/mol. The summed E-state index contributed by atoms with van der Waals surface area (Å²) in [6, 6.07) is 2.24. The third kappa shape index (κ3) is 2.97. The number of aromatic nitrogens is 3. The highest BCUT2D eigenvalue weighted by atomic mass is 16.2. The molecule has 1 saturated heterocycles. The minimum Gasteiger partial charge on any atom is -0.336 e. The van der Waals surface area contributed by atoms with Crippen molar-refractivity contribution >= 4 is 16.9 Å². The number of pyridine rings is 1. The van der Waals surface area contributed by atoms with E-state index in [0.717, 1.165) is 37.2 Å². The molecular weight excluding hydrogens is 278 g/mol. The Morgan fingerprint density at radius 1 is 1.45 bits per heavy atom. The second-order valence-corrected chi connectivity index (χ2v) is 6.46. The molecule has 1 fully saturated rings. The fourth-order valence-electron chi connectivity index (χ4n) is 2.87. The molecule has 0 bridgehead atoms. The second-order valence-electron chi connectivity index (χ2n) is 6.46. The summed E-state index contributed by atoms with van der Waals surface area (Å²) in [6.07, 6.45) is 3.47. The molecule has 1 amide bonds. The zero-order valence-electron chi connectivity index (χ0n) is 13.4. The van der Waals surface area contributed by atoms with Crippen LogP contribution in [0.25, 0.3) is 11.0 Å². The first kappa shape index (κ1) is 15.0. The summed E-state index contributed by atoms with van der Waals surface area (Å²) < 4.78 is 1.90. The Balaban J connectivity index is 1.84. The van der Waals surface area contributed by atoms with Gasteiger partial charge in [0.1, 0.15) is 0 Å². The van der Waals surface area contributed by atoms with Crippen molar-refractivity contribution < 1.29 is 4.79 Å². The highest BCUT2D eigenvalue weighted by Gasteiger charge is 2.22. The first-order chi connectivity index (χ1) is 10.5. The first-order valence-corrected chi connectivity index (χ1v) is 7.89. The molecule has 1 atom stereocenters. The van der Waals surface area contributed by atoms with Gasteiger partial charge >= 0.3 is 0 Å². The van der Waals surface area contributed by atoms with E-state index in [0.29, 0.717) is 17.5 Å². The van der Waals surface area contributed by atoms with Gasteiger partial charge < -0.3 is 10.2 Å². The highest BCUT2D eigenvalue weighted by molar-refractivity contribution is 5.96. The molecule has 0 aromatic carbocycles. The zero-order valence-corrected chi connectivity index (χ0v) is 13.4. The quantitative estimate of drug-likeness (QED) is 0.933. The highest BCUT2D eigenvalue weighted by Crippen LogP contribution is 2.16. The largest absolute Gasteiger partial charge is 0.336 e. The Labute approximate surface area is 130 Å². The Hall–Kier alpha value is -1.95. The van der Waals surface area contributed by atoms with E-state index in [9.17, 15) is 4.79 Å². The van der Waals surface area contributed by atoms with Crippen molar-refractivity contribution in [2.24, 2.45) is 5.92 Å². The van der Waals surface area contributed by atoms with Crippen molar-refractivity contribution in [2.75, 3.05) is 19.6 Å². The molecule has 2 aromatic rings. The summed E-state index contributed by atoms with van der Waals surface area (Å²) in [4.78, 5) is 19.0. The predicted octanol–water partition coefficient (Wildman–Crippen LogP) is 1.52. The molecule has 0 aliphatic carbocycles. The lowest BCUT2D eigenvalue weighted by atomic mass is 10.1. The van der Waals surface area contributed by atoms with Crippen LogP contribution in [0.1, 0.15) is 31.1 Å². The summed E-state index contributed by atoms with van der Waals surface area (Å²) in [5, 5.41) is 8.65. The number of nitrogens with zero attached hydrogens (tertiary/aromatic N) is 4. The molecule has 0 unspecified atom stereocenters. The van der Waals surface area contributed by atoms with E-state index in [1.165, 1.54) is 0 Å². The van der Waals surface area contributed by atoms with Crippen molar-refractivity contribution in [3.05, 3.63) is 24.0 Å². The van der Waals surface area contributed by atoms with Gasteiger partial charge in [0, 0.05) is 43.8 Å². The molecule has 0 saturated carbocycles. The fraction of sp³-hybridized carbons (Fsp3) is 0.562. The van der Waals surface area contributed by atoms with E-state index in [-0.39, 0.29) is 5.91 Å². The van der Waals surface area contributed by atoms with Crippen LogP contribution in [0.3, 0.4) is 0 Å². The van der Waals surface area contributed by atoms with Gasteiger partial charge in [0.25, 0.3) is 5.91 Å². The van der Waals surface area contributed by atoms with Crippen LogP contribution in [0.2, 0.25) is 0 Å². The van der Waals surface area contributed by atoms with E-state index >= 15 is 0 Å². The summed E-state index contributed by atoms with van der Waals surface area (Å²) in [6.45, 7) is 9.55. The Morgan fingerprint density at radius 3 is 3.00 bits per heavy atom. The van der Waals surface area contributed by atoms with Crippen molar-refractivity contribution in [3.8, 4) is 0 Å². The van der Waals surface area contributed by atoms with Crippen LogP contribution in [0, 0.1) is 5.92 Å². The maximum atomic E-state index is 12.6. The minimum atomic E-state index is 0.0550. The minimum absolute atomic E-state index is 0.0550. The van der Waals surface area contributed by atoms with Gasteiger partial charge in [-0.3, -0.25) is 4.79 Å². The number of hydrogen-bond donors (Lipinski definition) is 1.